The molecule has 43 heavy (non-hydrogen) atoms. The largest absolute Gasteiger partial charge is 0.394 e. The van der Waals surface area contributed by atoms with Crippen LogP contribution < -0.4 is 16.6 Å². The fourth-order valence-electron chi connectivity index (χ4n) is 4.84. The number of nitrogens with one attached hydrogen (secondary N) is 2. The van der Waals surface area contributed by atoms with Crippen LogP contribution in [-0.2, 0) is 9.47 Å². The van der Waals surface area contributed by atoms with Gasteiger partial charge in [0.15, 0.2) is 6.23 Å². The number of azide groups is 1. The van der Waals surface area contributed by atoms with Gasteiger partial charge in [0.25, 0.3) is 5.56 Å². The number of aromatic nitrogens is 4. The Balaban J connectivity index is 0.000000203. The fraction of sp³-hybridized carbons (Fsp3) is 0.560. The summed E-state index contributed by atoms with van der Waals surface area (Å²) in [6, 6.07) is 2.79. The van der Waals surface area contributed by atoms with Crippen LogP contribution in [0.5, 0.6) is 0 Å². The van der Waals surface area contributed by atoms with Crippen molar-refractivity contribution in [3.8, 4) is 0 Å². The van der Waals surface area contributed by atoms with Crippen LogP contribution in [0.1, 0.15) is 38.3 Å². The van der Waals surface area contributed by atoms with E-state index in [1.807, 2.05) is 13.8 Å². The van der Waals surface area contributed by atoms with E-state index in [4.69, 9.17) is 43.3 Å². The second kappa shape index (κ2) is 13.6. The quantitative estimate of drug-likeness (QED) is 0.124. The highest BCUT2D eigenvalue weighted by Gasteiger charge is 2.44. The molecule has 2 aliphatic rings. The number of rotatable bonds is 7. The molecule has 1 aromatic carbocycles. The molecule has 18 heteroatoms. The molecule has 234 valence electrons. The Morgan fingerprint density at radius 2 is 1.84 bits per heavy atom. The van der Waals surface area contributed by atoms with E-state index in [0.29, 0.717) is 32.6 Å². The monoisotopic (exact) mass is 642 g/mol. The zero-order valence-electron chi connectivity index (χ0n) is 23.3. The molecule has 6 N–H and O–H groups in total. The first-order valence-corrected chi connectivity index (χ1v) is 14.0. The molecular weight excluding hydrogens is 611 g/mol. The zero-order valence-corrected chi connectivity index (χ0v) is 24.8. The molecule has 0 amide bonds. The van der Waals surface area contributed by atoms with Crippen LogP contribution in [0.4, 0.5) is 5.95 Å². The maximum Gasteiger partial charge on any atom is 0.330 e. The molecule has 0 radical (unpaired) electrons. The summed E-state index contributed by atoms with van der Waals surface area (Å²) in [5.41, 5.74) is 8.93. The number of H-pyrrole nitrogens is 1. The molecule has 0 aliphatic carbocycles. The van der Waals surface area contributed by atoms with Crippen LogP contribution >= 0.6 is 23.2 Å². The van der Waals surface area contributed by atoms with Crippen LogP contribution in [0.2, 0.25) is 10.0 Å². The molecule has 5 rings (SSSR count). The molecule has 0 spiro atoms. The normalized spacial score (nSPS) is 26.8. The van der Waals surface area contributed by atoms with E-state index in [-0.39, 0.29) is 19.1 Å². The number of ether oxygens (including phenoxy) is 2. The van der Waals surface area contributed by atoms with Gasteiger partial charge in [0.1, 0.15) is 24.5 Å². The first kappa shape index (κ1) is 32.7. The van der Waals surface area contributed by atoms with Gasteiger partial charge >= 0.3 is 5.69 Å². The zero-order chi connectivity index (χ0) is 31.6. The second-order valence-electron chi connectivity index (χ2n) is 10.4. The van der Waals surface area contributed by atoms with E-state index >= 15 is 0 Å². The van der Waals surface area contributed by atoms with Gasteiger partial charge in [-0.25, -0.2) is 9.78 Å². The average molecular weight is 643 g/mol. The first-order chi connectivity index (χ1) is 20.4. The van der Waals surface area contributed by atoms with Crippen molar-refractivity contribution in [3.63, 3.8) is 0 Å². The van der Waals surface area contributed by atoms with E-state index in [2.05, 4.69) is 25.3 Å². The molecule has 0 saturated carbocycles. The number of aryl methyl sites for hydroxylation is 1. The number of benzene rings is 1. The topological polar surface area (TPSA) is 233 Å². The molecule has 4 heterocycles. The molecular formula is C25H32Cl2N8O8. The van der Waals surface area contributed by atoms with Crippen molar-refractivity contribution < 1.29 is 29.9 Å². The standard InChI is InChI=1S/C15H19Cl2N3O4.C10H13N5O4/c1-6(2)18-15-19-9-3-7(16)8(17)4-10(9)20(15)14-13(23)12(22)11(5-21)24-14;1-5-3-15(10(18)12-9(5)17)8-2-6(13-14-11)7(4-16)19-8/h3-4,6,11-14,21-23H,5H2,1-2H3,(H,18,19);3,6-8,16H,2,4H2,1H3,(H,12,17,18)/t11-,12-,13-,14-;6-,7+,8+/m00/s1. The highest BCUT2D eigenvalue weighted by molar-refractivity contribution is 6.42. The van der Waals surface area contributed by atoms with Gasteiger partial charge in [0.05, 0.1) is 46.4 Å². The van der Waals surface area contributed by atoms with Gasteiger partial charge in [-0.15, -0.1) is 0 Å². The summed E-state index contributed by atoms with van der Waals surface area (Å²) in [5.74, 6) is 0.452. The SMILES string of the molecule is CC(C)Nc1nc2cc(Cl)c(Cl)cc2n1[C@H]1O[C@@H](CO)[C@H](O)[C@@H]1O.Cc1cn([C@H]2C[C@H](N=[N+]=[N-])[C@@H](CO)O2)c(=O)[nH]c1=O. The minimum Gasteiger partial charge on any atom is -0.394 e. The Bertz CT molecular complexity index is 1620. The molecule has 3 aromatic rings. The van der Waals surface area contributed by atoms with Crippen LogP contribution in [0.3, 0.4) is 0 Å². The third-order valence-corrected chi connectivity index (χ3v) is 7.68. The molecule has 2 aromatic heterocycles. The Kier molecular flexibility index (Phi) is 10.4. The number of imidazole rings is 1. The Labute approximate surface area is 254 Å². The lowest BCUT2D eigenvalue weighted by atomic mass is 10.1. The number of hydrogen-bond acceptors (Lipinski definition) is 11. The molecule has 16 nitrogen and oxygen atoms in total. The van der Waals surface area contributed by atoms with Crippen LogP contribution in [0, 0.1) is 6.92 Å². The summed E-state index contributed by atoms with van der Waals surface area (Å²) < 4.78 is 14.0. The molecule has 7 atom stereocenters. The van der Waals surface area contributed by atoms with Crippen LogP contribution in [0.15, 0.2) is 33.0 Å². The van der Waals surface area contributed by atoms with Crippen LogP contribution in [0.25, 0.3) is 21.5 Å². The van der Waals surface area contributed by atoms with Gasteiger partial charge in [-0.05, 0) is 38.4 Å². The van der Waals surface area contributed by atoms with E-state index in [0.717, 1.165) is 0 Å². The van der Waals surface area contributed by atoms with Gasteiger partial charge in [-0.3, -0.25) is 18.9 Å². The summed E-state index contributed by atoms with van der Waals surface area (Å²) >= 11 is 12.2. The second-order valence-corrected chi connectivity index (χ2v) is 11.2. The average Bonchev–Trinajstić information content (AvgIpc) is 3.60. The molecule has 0 bridgehead atoms. The third kappa shape index (κ3) is 6.82. The smallest absolute Gasteiger partial charge is 0.330 e. The van der Waals surface area contributed by atoms with Crippen molar-refractivity contribution in [2.45, 2.75) is 76.1 Å². The van der Waals surface area contributed by atoms with Crippen LogP contribution in [-0.4, -0.2) is 89.2 Å². The highest BCUT2D eigenvalue weighted by Crippen LogP contribution is 2.37. The van der Waals surface area contributed by atoms with E-state index in [1.54, 1.807) is 23.6 Å². The maximum absolute atomic E-state index is 11.7. The first-order valence-electron chi connectivity index (χ1n) is 13.3. The third-order valence-electron chi connectivity index (χ3n) is 6.96. The van der Waals surface area contributed by atoms with Gasteiger partial charge < -0.3 is 35.2 Å². The van der Waals surface area contributed by atoms with Crippen molar-refractivity contribution in [1.82, 2.24) is 19.1 Å². The van der Waals surface area contributed by atoms with E-state index < -0.39 is 60.8 Å². The number of fused-ring (bicyclic) bond motifs is 1. The summed E-state index contributed by atoms with van der Waals surface area (Å²) in [5, 5.41) is 46.2. The molecule has 2 aliphatic heterocycles. The molecule has 2 saturated heterocycles. The number of aliphatic hydroxyl groups excluding tert-OH is 4. The number of aromatic amines is 1. The number of aliphatic hydroxyl groups is 4. The fourth-order valence-corrected chi connectivity index (χ4v) is 5.16. The van der Waals surface area contributed by atoms with Gasteiger partial charge in [0.2, 0.25) is 5.95 Å². The predicted octanol–water partition coefficient (Wildman–Crippen LogP) is 1.58. The predicted molar refractivity (Wildman–Crippen MR) is 156 cm³/mol. The summed E-state index contributed by atoms with van der Waals surface area (Å²) in [6.45, 7) is 4.75. The van der Waals surface area contributed by atoms with E-state index in [9.17, 15) is 24.9 Å². The van der Waals surface area contributed by atoms with Crippen molar-refractivity contribution >= 4 is 40.2 Å². The summed E-state index contributed by atoms with van der Waals surface area (Å²) in [6.07, 6.45) is -3.89. The lowest BCUT2D eigenvalue weighted by Gasteiger charge is -2.21. The lowest BCUT2D eigenvalue weighted by Crippen LogP contribution is -2.33. The Morgan fingerprint density at radius 3 is 2.44 bits per heavy atom. The summed E-state index contributed by atoms with van der Waals surface area (Å²) in [7, 11) is 0. The summed E-state index contributed by atoms with van der Waals surface area (Å²) in [4.78, 5) is 32.3. The van der Waals surface area contributed by atoms with Gasteiger partial charge in [0, 0.05) is 29.1 Å². The van der Waals surface area contributed by atoms with Crippen molar-refractivity contribution in [3.05, 3.63) is 65.2 Å². The minimum absolute atomic E-state index is 0.0728. The highest BCUT2D eigenvalue weighted by atomic mass is 35.5. The number of anilines is 1. The number of hydrogen-bond donors (Lipinski definition) is 6. The van der Waals surface area contributed by atoms with Crippen molar-refractivity contribution in [1.29, 1.82) is 0 Å². The van der Waals surface area contributed by atoms with Crippen molar-refractivity contribution in [2.75, 3.05) is 18.5 Å². The minimum atomic E-state index is -1.22. The lowest BCUT2D eigenvalue weighted by molar-refractivity contribution is -0.0499. The maximum atomic E-state index is 11.7. The number of nitrogens with zero attached hydrogens (tertiary/aromatic N) is 6. The van der Waals surface area contributed by atoms with Gasteiger partial charge in [-0.2, -0.15) is 0 Å². The molecule has 2 fully saturated rings. The van der Waals surface area contributed by atoms with Gasteiger partial charge in [-0.1, -0.05) is 28.3 Å². The molecule has 0 unspecified atom stereocenters. The number of halogens is 2. The Morgan fingerprint density at radius 1 is 1.16 bits per heavy atom. The Hall–Kier alpha value is -3.18. The van der Waals surface area contributed by atoms with Crippen molar-refractivity contribution in [2.24, 2.45) is 5.11 Å². The van der Waals surface area contributed by atoms with E-state index in [1.165, 1.54) is 10.8 Å².